The molecule has 1 atom stereocenters. The Kier molecular flexibility index (Phi) is 5.48. The molecule has 0 saturated carbocycles. The number of hydrogen-bond donors (Lipinski definition) is 2. The second-order valence-corrected chi connectivity index (χ2v) is 7.39. The van der Waals surface area contributed by atoms with E-state index < -0.39 is 0 Å². The molecule has 5 nitrogen and oxygen atoms in total. The number of benzene rings is 1. The highest BCUT2D eigenvalue weighted by atomic mass is 16.3. The average Bonchev–Trinajstić information content (AvgIpc) is 2.67. The first-order valence-corrected chi connectivity index (χ1v) is 9.25. The van der Waals surface area contributed by atoms with Crippen LogP contribution in [-0.4, -0.2) is 35.1 Å². The van der Waals surface area contributed by atoms with Crippen LogP contribution in [0.2, 0.25) is 0 Å². The smallest absolute Gasteiger partial charge is 0.124 e. The number of hydrogen-bond acceptors (Lipinski definition) is 5. The molecule has 0 spiro atoms. The molecule has 1 aliphatic heterocycles. The molecule has 140 valence electrons. The summed E-state index contributed by atoms with van der Waals surface area (Å²) in [5.74, 6) is 0.495. The summed E-state index contributed by atoms with van der Waals surface area (Å²) in [7, 11) is 2.14. The van der Waals surface area contributed by atoms with Crippen LogP contribution in [0.1, 0.15) is 54.9 Å². The van der Waals surface area contributed by atoms with Crippen LogP contribution in [0.3, 0.4) is 0 Å². The van der Waals surface area contributed by atoms with E-state index in [4.69, 9.17) is 11.0 Å². The molecule has 27 heavy (non-hydrogen) atoms. The van der Waals surface area contributed by atoms with Crippen molar-refractivity contribution in [2.45, 2.75) is 32.6 Å². The zero-order valence-corrected chi connectivity index (χ0v) is 16.2. The van der Waals surface area contributed by atoms with Crippen LogP contribution in [-0.2, 0) is 0 Å². The highest BCUT2D eigenvalue weighted by molar-refractivity contribution is 5.93. The van der Waals surface area contributed by atoms with Crippen molar-refractivity contribution in [3.05, 3.63) is 52.8 Å². The fraction of sp³-hybridized carbons (Fsp3) is 0.364. The van der Waals surface area contributed by atoms with E-state index in [0.717, 1.165) is 53.9 Å². The number of aromatic hydroxyl groups is 1. The minimum Gasteiger partial charge on any atom is -0.507 e. The molecule has 1 aliphatic rings. The van der Waals surface area contributed by atoms with Crippen molar-refractivity contribution >= 4 is 16.8 Å². The molecular formula is C22H26N4O. The molecule has 1 aromatic carbocycles. The number of aromatic nitrogens is 1. The molecule has 2 heterocycles. The van der Waals surface area contributed by atoms with Crippen molar-refractivity contribution in [2.24, 2.45) is 0 Å². The van der Waals surface area contributed by atoms with Crippen molar-refractivity contribution in [1.82, 2.24) is 9.88 Å². The normalized spacial score (nSPS) is 18.7. The minimum atomic E-state index is 0.0995. The highest BCUT2D eigenvalue weighted by Gasteiger charge is 2.23. The largest absolute Gasteiger partial charge is 0.507 e. The van der Waals surface area contributed by atoms with Crippen molar-refractivity contribution in [3.63, 3.8) is 0 Å². The predicted molar refractivity (Wildman–Crippen MR) is 109 cm³/mol. The van der Waals surface area contributed by atoms with Gasteiger partial charge in [-0.2, -0.15) is 5.26 Å². The van der Waals surface area contributed by atoms with Crippen molar-refractivity contribution < 1.29 is 5.11 Å². The Balaban J connectivity index is 2.01. The Bertz CT molecular complexity index is 926. The fourth-order valence-electron chi connectivity index (χ4n) is 3.85. The lowest BCUT2D eigenvalue weighted by atomic mass is 9.88. The molecule has 5 heteroatoms. The number of likely N-dealkylation sites (tertiary alicyclic amines) is 1. The number of allylic oxidation sites excluding steroid dienone is 2. The summed E-state index contributed by atoms with van der Waals surface area (Å²) in [4.78, 5) is 6.79. The number of piperidine rings is 1. The lowest BCUT2D eigenvalue weighted by molar-refractivity contribution is 0.251. The van der Waals surface area contributed by atoms with Crippen LogP contribution in [0, 0.1) is 11.3 Å². The van der Waals surface area contributed by atoms with E-state index in [1.807, 2.05) is 26.1 Å². The van der Waals surface area contributed by atoms with Gasteiger partial charge in [0.1, 0.15) is 5.75 Å². The van der Waals surface area contributed by atoms with Crippen LogP contribution in [0.15, 0.2) is 30.6 Å². The summed E-state index contributed by atoms with van der Waals surface area (Å²) in [5.41, 5.74) is 12.4. The second kappa shape index (κ2) is 7.81. The zero-order chi connectivity index (χ0) is 19.6. The Morgan fingerprint density at radius 2 is 2.00 bits per heavy atom. The Hall–Kier alpha value is -2.84. The van der Waals surface area contributed by atoms with Gasteiger partial charge in [-0.05, 0) is 75.2 Å². The van der Waals surface area contributed by atoms with Crippen molar-refractivity contribution in [1.29, 1.82) is 5.26 Å². The topological polar surface area (TPSA) is 86.2 Å². The molecule has 3 N–H and O–H groups in total. The van der Waals surface area contributed by atoms with Crippen LogP contribution < -0.4 is 5.73 Å². The summed E-state index contributed by atoms with van der Waals surface area (Å²) in [6, 6.07) is 7.01. The fourth-order valence-corrected chi connectivity index (χ4v) is 3.85. The molecule has 1 aromatic heterocycles. The van der Waals surface area contributed by atoms with Gasteiger partial charge in [0.25, 0.3) is 0 Å². The third-order valence-electron chi connectivity index (χ3n) is 5.58. The molecular weight excluding hydrogens is 336 g/mol. The Labute approximate surface area is 160 Å². The zero-order valence-electron chi connectivity index (χ0n) is 16.2. The van der Waals surface area contributed by atoms with Gasteiger partial charge in [-0.3, -0.25) is 4.98 Å². The number of phenols is 1. The van der Waals surface area contributed by atoms with Gasteiger partial charge in [-0.1, -0.05) is 0 Å². The van der Waals surface area contributed by atoms with Gasteiger partial charge < -0.3 is 15.7 Å². The maximum Gasteiger partial charge on any atom is 0.124 e. The van der Waals surface area contributed by atoms with E-state index in [1.54, 1.807) is 18.3 Å². The number of phenolic OH excluding ortho intramolecular Hbond substituents is 1. The Morgan fingerprint density at radius 3 is 2.67 bits per heavy atom. The van der Waals surface area contributed by atoms with Gasteiger partial charge in [0.2, 0.25) is 0 Å². The van der Waals surface area contributed by atoms with Crippen molar-refractivity contribution in [3.8, 4) is 11.8 Å². The molecule has 0 bridgehead atoms. The lowest BCUT2D eigenvalue weighted by Crippen LogP contribution is -2.31. The van der Waals surface area contributed by atoms with E-state index in [0.29, 0.717) is 17.0 Å². The average molecular weight is 362 g/mol. The minimum absolute atomic E-state index is 0.0995. The summed E-state index contributed by atoms with van der Waals surface area (Å²) >= 11 is 0. The van der Waals surface area contributed by atoms with Gasteiger partial charge >= 0.3 is 0 Å². The third kappa shape index (κ3) is 3.81. The van der Waals surface area contributed by atoms with E-state index in [9.17, 15) is 5.11 Å². The molecule has 0 radical (unpaired) electrons. The lowest BCUT2D eigenvalue weighted by Gasteiger charge is -2.30. The van der Waals surface area contributed by atoms with Crippen LogP contribution in [0.25, 0.3) is 11.1 Å². The summed E-state index contributed by atoms with van der Waals surface area (Å²) in [5, 5.41) is 19.3. The number of nitrogen functional groups attached to an aromatic ring is 1. The number of nitrogens with two attached hydrogens (primary N) is 1. The van der Waals surface area contributed by atoms with E-state index in [-0.39, 0.29) is 5.75 Å². The number of nitrogens with zero attached hydrogens (tertiary/aromatic N) is 3. The first-order valence-electron chi connectivity index (χ1n) is 9.25. The van der Waals surface area contributed by atoms with Crippen LogP contribution in [0.5, 0.6) is 5.75 Å². The molecule has 3 rings (SSSR count). The summed E-state index contributed by atoms with van der Waals surface area (Å²) < 4.78 is 0. The SMILES string of the molecule is C/C(=C(/C)c1cncc(C2CCCN(C)C2)c1N)c1ccc(C#N)cc1O. The molecule has 1 fully saturated rings. The maximum atomic E-state index is 10.3. The number of nitriles is 1. The van der Waals surface area contributed by atoms with Gasteiger partial charge in [0.15, 0.2) is 0 Å². The monoisotopic (exact) mass is 362 g/mol. The van der Waals surface area contributed by atoms with Gasteiger partial charge in [0.05, 0.1) is 11.6 Å². The predicted octanol–water partition coefficient (Wildman–Crippen LogP) is 4.00. The molecule has 0 aliphatic carbocycles. The van der Waals surface area contributed by atoms with E-state index >= 15 is 0 Å². The quantitative estimate of drug-likeness (QED) is 0.862. The summed E-state index contributed by atoms with van der Waals surface area (Å²) in [6.07, 6.45) is 5.98. The standard InChI is InChI=1S/C22H26N4O/c1-14(18-7-6-16(10-23)9-21(18)27)15(2)19-11-25-12-20(22(19)24)17-5-4-8-26(3)13-17/h6-7,9,11-12,17,27H,4-5,8,13H2,1-3H3,(H2,24,25)/b15-14+. The van der Waals surface area contributed by atoms with Gasteiger partial charge in [0, 0.05) is 41.7 Å². The first kappa shape index (κ1) is 18.9. The number of pyridine rings is 1. The highest BCUT2D eigenvalue weighted by Crippen LogP contribution is 2.37. The summed E-state index contributed by atoms with van der Waals surface area (Å²) in [6.45, 7) is 6.07. The number of likely N-dealkylation sites (N-methyl/N-ethyl adjacent to an activating group) is 1. The molecule has 0 amide bonds. The van der Waals surface area contributed by atoms with E-state index in [1.165, 1.54) is 6.07 Å². The second-order valence-electron chi connectivity index (χ2n) is 7.39. The maximum absolute atomic E-state index is 10.3. The number of anilines is 1. The van der Waals surface area contributed by atoms with Crippen molar-refractivity contribution in [2.75, 3.05) is 25.9 Å². The Morgan fingerprint density at radius 1 is 1.26 bits per heavy atom. The first-order chi connectivity index (χ1) is 12.9. The molecule has 1 saturated heterocycles. The molecule has 2 aromatic rings. The van der Waals surface area contributed by atoms with Gasteiger partial charge in [-0.15, -0.1) is 0 Å². The van der Waals surface area contributed by atoms with Gasteiger partial charge in [-0.25, -0.2) is 0 Å². The third-order valence-corrected chi connectivity index (χ3v) is 5.58. The van der Waals surface area contributed by atoms with Crippen LogP contribution >= 0.6 is 0 Å². The molecule has 1 unspecified atom stereocenters. The van der Waals surface area contributed by atoms with Crippen LogP contribution in [0.4, 0.5) is 5.69 Å². The number of rotatable bonds is 3. The van der Waals surface area contributed by atoms with E-state index in [2.05, 4.69) is 16.9 Å².